The van der Waals surface area contributed by atoms with E-state index in [9.17, 15) is 8.78 Å². The van der Waals surface area contributed by atoms with Gasteiger partial charge in [0.15, 0.2) is 0 Å². The number of hydrogen-bond donors (Lipinski definition) is 1. The van der Waals surface area contributed by atoms with Gasteiger partial charge in [-0.25, -0.2) is 8.78 Å². The van der Waals surface area contributed by atoms with Crippen LogP contribution in [0.4, 0.5) is 8.78 Å². The van der Waals surface area contributed by atoms with Gasteiger partial charge in [0, 0.05) is 18.9 Å². The Hall–Kier alpha value is -0.970. The predicted octanol–water partition coefficient (Wildman–Crippen LogP) is 0.648. The third-order valence-electron chi connectivity index (χ3n) is 1.40. The molecule has 0 aromatic carbocycles. The van der Waals surface area contributed by atoms with Gasteiger partial charge in [-0.05, 0) is 6.07 Å². The van der Waals surface area contributed by atoms with Crippen LogP contribution in [-0.4, -0.2) is 22.8 Å². The highest BCUT2D eigenvalue weighted by Crippen LogP contribution is 2.12. The number of halogens is 2. The first-order valence-electron chi connectivity index (χ1n) is 3.23. The van der Waals surface area contributed by atoms with Gasteiger partial charge in [-0.2, -0.15) is 5.10 Å². The lowest BCUT2D eigenvalue weighted by Crippen LogP contribution is -2.25. The van der Waals surface area contributed by atoms with Crippen molar-refractivity contribution in [3.8, 4) is 0 Å². The molecule has 0 aliphatic rings. The van der Waals surface area contributed by atoms with E-state index in [2.05, 4.69) is 5.10 Å². The molecule has 11 heavy (non-hydrogen) atoms. The van der Waals surface area contributed by atoms with Crippen LogP contribution in [0.15, 0.2) is 18.5 Å². The molecule has 5 heteroatoms. The van der Waals surface area contributed by atoms with Gasteiger partial charge in [0.2, 0.25) is 0 Å². The molecule has 0 bridgehead atoms. The summed E-state index contributed by atoms with van der Waals surface area (Å²) in [6.07, 6.45) is 0.467. The summed E-state index contributed by atoms with van der Waals surface area (Å²) in [7, 11) is 0. The van der Waals surface area contributed by atoms with Gasteiger partial charge in [0.25, 0.3) is 6.43 Å². The Morgan fingerprint density at radius 2 is 2.27 bits per heavy atom. The van der Waals surface area contributed by atoms with Gasteiger partial charge in [-0.1, -0.05) is 0 Å². The van der Waals surface area contributed by atoms with Gasteiger partial charge >= 0.3 is 0 Å². The zero-order valence-electron chi connectivity index (χ0n) is 5.82. The summed E-state index contributed by atoms with van der Waals surface area (Å²) in [6.45, 7) is -0.0979. The van der Waals surface area contributed by atoms with Gasteiger partial charge in [0.1, 0.15) is 6.04 Å². The second kappa shape index (κ2) is 3.43. The number of aromatic nitrogens is 2. The fourth-order valence-corrected chi connectivity index (χ4v) is 0.803. The normalized spacial score (nSPS) is 13.8. The van der Waals surface area contributed by atoms with Crippen molar-refractivity contribution in [3.05, 3.63) is 18.5 Å². The van der Waals surface area contributed by atoms with Crippen LogP contribution in [0.3, 0.4) is 0 Å². The van der Waals surface area contributed by atoms with E-state index in [-0.39, 0.29) is 6.54 Å². The van der Waals surface area contributed by atoms with E-state index in [1.807, 2.05) is 0 Å². The van der Waals surface area contributed by atoms with E-state index in [4.69, 9.17) is 5.73 Å². The SMILES string of the molecule is NCC(C(F)F)n1cccn1. The maximum Gasteiger partial charge on any atom is 0.261 e. The van der Waals surface area contributed by atoms with E-state index in [0.717, 1.165) is 0 Å². The quantitative estimate of drug-likeness (QED) is 0.707. The minimum absolute atomic E-state index is 0.0979. The van der Waals surface area contributed by atoms with Crippen molar-refractivity contribution in [3.63, 3.8) is 0 Å². The Bertz CT molecular complexity index is 198. The third kappa shape index (κ3) is 1.74. The molecule has 3 nitrogen and oxygen atoms in total. The molecule has 1 atom stereocenters. The van der Waals surface area contributed by atoms with Crippen molar-refractivity contribution >= 4 is 0 Å². The average Bonchev–Trinajstić information content (AvgIpc) is 2.40. The molecule has 1 aromatic heterocycles. The van der Waals surface area contributed by atoms with Crippen LogP contribution in [0, 0.1) is 0 Å². The van der Waals surface area contributed by atoms with E-state index in [1.165, 1.54) is 17.1 Å². The highest BCUT2D eigenvalue weighted by atomic mass is 19.3. The fourth-order valence-electron chi connectivity index (χ4n) is 0.803. The van der Waals surface area contributed by atoms with E-state index in [1.54, 1.807) is 6.07 Å². The smallest absolute Gasteiger partial charge is 0.261 e. The molecule has 2 N–H and O–H groups in total. The topological polar surface area (TPSA) is 43.8 Å². The second-order valence-corrected chi connectivity index (χ2v) is 2.12. The lowest BCUT2D eigenvalue weighted by molar-refractivity contribution is 0.0805. The minimum atomic E-state index is -2.46. The molecule has 1 rings (SSSR count). The monoisotopic (exact) mass is 161 g/mol. The molecule has 1 heterocycles. The van der Waals surface area contributed by atoms with E-state index < -0.39 is 12.5 Å². The molecule has 62 valence electrons. The van der Waals surface area contributed by atoms with Crippen LogP contribution in [0.25, 0.3) is 0 Å². The number of nitrogens with two attached hydrogens (primary N) is 1. The van der Waals surface area contributed by atoms with E-state index >= 15 is 0 Å². The number of hydrogen-bond acceptors (Lipinski definition) is 2. The summed E-state index contributed by atoms with van der Waals surface area (Å²) >= 11 is 0. The molecule has 0 amide bonds. The minimum Gasteiger partial charge on any atom is -0.328 e. The highest BCUT2D eigenvalue weighted by Gasteiger charge is 2.19. The average molecular weight is 161 g/mol. The van der Waals surface area contributed by atoms with Crippen LogP contribution >= 0.6 is 0 Å². The Labute approximate surface area is 62.8 Å². The van der Waals surface area contributed by atoms with Gasteiger partial charge in [-0.3, -0.25) is 4.68 Å². The molecule has 0 spiro atoms. The molecule has 0 fully saturated rings. The second-order valence-electron chi connectivity index (χ2n) is 2.12. The van der Waals surface area contributed by atoms with Crippen molar-refractivity contribution in [2.75, 3.05) is 6.54 Å². The zero-order chi connectivity index (χ0) is 8.27. The first-order chi connectivity index (χ1) is 5.25. The van der Waals surface area contributed by atoms with Gasteiger partial charge in [-0.15, -0.1) is 0 Å². The third-order valence-corrected chi connectivity index (χ3v) is 1.40. The van der Waals surface area contributed by atoms with Crippen LogP contribution < -0.4 is 5.73 Å². The zero-order valence-corrected chi connectivity index (χ0v) is 5.82. The predicted molar refractivity (Wildman–Crippen MR) is 36.3 cm³/mol. The molecule has 0 saturated heterocycles. The van der Waals surface area contributed by atoms with Crippen LogP contribution in [0.5, 0.6) is 0 Å². The Morgan fingerprint density at radius 3 is 2.64 bits per heavy atom. The standard InChI is InChI=1S/C6H9F2N3/c7-6(8)5(4-9)11-3-1-2-10-11/h1-3,5-6H,4,9H2. The van der Waals surface area contributed by atoms with Crippen molar-refractivity contribution in [1.29, 1.82) is 0 Å². The molecule has 0 saturated carbocycles. The molecule has 1 aromatic rings. The van der Waals surface area contributed by atoms with Crippen molar-refractivity contribution in [2.45, 2.75) is 12.5 Å². The Kier molecular flexibility index (Phi) is 2.53. The van der Waals surface area contributed by atoms with Crippen molar-refractivity contribution < 1.29 is 8.78 Å². The summed E-state index contributed by atoms with van der Waals surface area (Å²) < 4.78 is 25.4. The fraction of sp³-hybridized carbons (Fsp3) is 0.500. The summed E-state index contributed by atoms with van der Waals surface area (Å²) in [4.78, 5) is 0. The van der Waals surface area contributed by atoms with E-state index in [0.29, 0.717) is 0 Å². The first-order valence-corrected chi connectivity index (χ1v) is 3.23. The lowest BCUT2D eigenvalue weighted by Gasteiger charge is -2.13. The number of rotatable bonds is 3. The maximum atomic E-state index is 12.1. The van der Waals surface area contributed by atoms with Gasteiger partial charge in [0.05, 0.1) is 0 Å². The Balaban J connectivity index is 2.71. The largest absolute Gasteiger partial charge is 0.328 e. The molecular weight excluding hydrogens is 152 g/mol. The Morgan fingerprint density at radius 1 is 1.55 bits per heavy atom. The van der Waals surface area contributed by atoms with Crippen LogP contribution in [0.1, 0.15) is 6.04 Å². The van der Waals surface area contributed by atoms with Crippen molar-refractivity contribution in [1.82, 2.24) is 9.78 Å². The first kappa shape index (κ1) is 8.13. The number of nitrogens with zero attached hydrogens (tertiary/aromatic N) is 2. The molecular formula is C6H9F2N3. The lowest BCUT2D eigenvalue weighted by atomic mass is 10.3. The summed E-state index contributed by atoms with van der Waals surface area (Å²) in [6, 6.07) is 0.593. The summed E-state index contributed by atoms with van der Waals surface area (Å²) in [5, 5.41) is 3.67. The molecule has 0 aliphatic carbocycles. The van der Waals surface area contributed by atoms with Gasteiger partial charge < -0.3 is 5.73 Å². The van der Waals surface area contributed by atoms with Crippen LogP contribution in [0.2, 0.25) is 0 Å². The molecule has 1 unspecified atom stereocenters. The summed E-state index contributed by atoms with van der Waals surface area (Å²) in [5.41, 5.74) is 5.12. The maximum absolute atomic E-state index is 12.1. The molecule has 0 radical (unpaired) electrons. The van der Waals surface area contributed by atoms with Crippen LogP contribution in [-0.2, 0) is 0 Å². The highest BCUT2D eigenvalue weighted by molar-refractivity contribution is 4.82. The molecule has 0 aliphatic heterocycles. The van der Waals surface area contributed by atoms with Crippen molar-refractivity contribution in [2.24, 2.45) is 5.73 Å². The summed E-state index contributed by atoms with van der Waals surface area (Å²) in [5.74, 6) is 0. The number of alkyl halides is 2.